The van der Waals surface area contributed by atoms with E-state index in [1.807, 2.05) is 39.0 Å². The van der Waals surface area contributed by atoms with E-state index in [2.05, 4.69) is 15.0 Å². The molecule has 1 aliphatic heterocycles. The molecule has 0 radical (unpaired) electrons. The van der Waals surface area contributed by atoms with E-state index in [1.165, 1.54) is 0 Å². The van der Waals surface area contributed by atoms with Crippen LogP contribution in [0.25, 0.3) is 32.9 Å². The van der Waals surface area contributed by atoms with E-state index < -0.39 is 5.79 Å². The molecule has 3 aromatic heterocycles. The Hall–Kier alpha value is -3.65. The van der Waals surface area contributed by atoms with Gasteiger partial charge in [0.2, 0.25) is 5.79 Å². The van der Waals surface area contributed by atoms with Crippen molar-refractivity contribution in [1.82, 2.24) is 15.0 Å². The molecule has 0 unspecified atom stereocenters. The van der Waals surface area contributed by atoms with E-state index in [0.717, 1.165) is 44.2 Å². The van der Waals surface area contributed by atoms with Gasteiger partial charge in [-0.05, 0) is 24.4 Å². The molecule has 1 aliphatic rings. The number of rotatable bonds is 3. The zero-order valence-corrected chi connectivity index (χ0v) is 18.6. The van der Waals surface area contributed by atoms with Crippen LogP contribution in [0.15, 0.2) is 30.6 Å². The van der Waals surface area contributed by atoms with E-state index in [-0.39, 0.29) is 0 Å². The maximum atomic E-state index is 6.37. The van der Waals surface area contributed by atoms with E-state index >= 15 is 0 Å². The Morgan fingerprint density at radius 3 is 2.47 bits per heavy atom. The fraction of sp³-hybridized carbons (Fsp3) is 0.292. The van der Waals surface area contributed by atoms with Gasteiger partial charge in [0.05, 0.1) is 37.7 Å². The predicted molar refractivity (Wildman–Crippen MR) is 122 cm³/mol. The smallest absolute Gasteiger partial charge is 0.205 e. The highest BCUT2D eigenvalue weighted by atomic mass is 16.7. The molecule has 0 saturated carbocycles. The number of nitrogen functional groups attached to an aromatic ring is 1. The van der Waals surface area contributed by atoms with Crippen LogP contribution in [0.1, 0.15) is 25.1 Å². The van der Waals surface area contributed by atoms with Gasteiger partial charge in [0.15, 0.2) is 17.2 Å². The van der Waals surface area contributed by atoms with Gasteiger partial charge in [0.25, 0.3) is 0 Å². The molecule has 1 aromatic carbocycles. The standard InChI is InChI=1S/C24H24N4O4/c1-12-22-17(11-31-24(2,3)32-22)15(9-26-12)19-6-13-14-7-20(29-4)21(30-5)8-18(14)27-10-16(13)23(25)28-19/h6-10H,11H2,1-5H3,(H2,25,28). The van der Waals surface area contributed by atoms with Crippen LogP contribution in [0.4, 0.5) is 5.82 Å². The maximum absolute atomic E-state index is 6.37. The summed E-state index contributed by atoms with van der Waals surface area (Å²) in [6.07, 6.45) is 3.52. The van der Waals surface area contributed by atoms with Crippen molar-refractivity contribution in [3.05, 3.63) is 41.9 Å². The average Bonchev–Trinajstić information content (AvgIpc) is 2.78. The van der Waals surface area contributed by atoms with Crippen LogP contribution >= 0.6 is 0 Å². The Balaban J connectivity index is 1.77. The molecule has 4 aromatic rings. The number of ether oxygens (including phenoxy) is 4. The monoisotopic (exact) mass is 432 g/mol. The van der Waals surface area contributed by atoms with Gasteiger partial charge in [-0.15, -0.1) is 0 Å². The van der Waals surface area contributed by atoms with Gasteiger partial charge in [0, 0.05) is 54.2 Å². The topological polar surface area (TPSA) is 102 Å². The lowest BCUT2D eigenvalue weighted by Gasteiger charge is -2.34. The number of anilines is 1. The Morgan fingerprint density at radius 1 is 0.969 bits per heavy atom. The van der Waals surface area contributed by atoms with Gasteiger partial charge >= 0.3 is 0 Å². The number of aromatic nitrogens is 3. The van der Waals surface area contributed by atoms with Crippen LogP contribution in [0.5, 0.6) is 17.2 Å². The first-order valence-electron chi connectivity index (χ1n) is 10.2. The molecule has 8 heteroatoms. The number of nitrogens with two attached hydrogens (primary N) is 1. The SMILES string of the molecule is COc1cc2ncc3c(N)nc(-c4cnc(C)c5c4COC(C)(C)O5)cc3c2cc1OC. The number of aryl methyl sites for hydroxylation is 1. The molecule has 0 atom stereocenters. The van der Waals surface area contributed by atoms with Crippen molar-refractivity contribution in [1.29, 1.82) is 0 Å². The van der Waals surface area contributed by atoms with Crippen molar-refractivity contribution in [3.8, 4) is 28.5 Å². The second-order valence-corrected chi connectivity index (χ2v) is 8.19. The summed E-state index contributed by atoms with van der Waals surface area (Å²) in [6.45, 7) is 6.08. The molecular formula is C24H24N4O4. The number of pyridine rings is 3. The van der Waals surface area contributed by atoms with Crippen LogP contribution in [-0.4, -0.2) is 35.0 Å². The summed E-state index contributed by atoms with van der Waals surface area (Å²) < 4.78 is 22.9. The van der Waals surface area contributed by atoms with Gasteiger partial charge in [-0.2, -0.15) is 0 Å². The van der Waals surface area contributed by atoms with Crippen molar-refractivity contribution < 1.29 is 18.9 Å². The summed E-state index contributed by atoms with van der Waals surface area (Å²) in [5.74, 6) is 1.62. The van der Waals surface area contributed by atoms with E-state index in [0.29, 0.717) is 29.6 Å². The van der Waals surface area contributed by atoms with Crippen LogP contribution in [0.3, 0.4) is 0 Å². The summed E-state index contributed by atoms with van der Waals surface area (Å²) >= 11 is 0. The van der Waals surface area contributed by atoms with Gasteiger partial charge < -0.3 is 24.7 Å². The minimum Gasteiger partial charge on any atom is -0.493 e. The quantitative estimate of drug-likeness (QED) is 0.476. The summed E-state index contributed by atoms with van der Waals surface area (Å²) in [4.78, 5) is 13.8. The highest BCUT2D eigenvalue weighted by molar-refractivity contribution is 6.10. The minimum atomic E-state index is -0.717. The summed E-state index contributed by atoms with van der Waals surface area (Å²) in [5.41, 5.74) is 10.4. The molecule has 0 aliphatic carbocycles. The van der Waals surface area contributed by atoms with Crippen molar-refractivity contribution in [3.63, 3.8) is 0 Å². The van der Waals surface area contributed by atoms with Crippen LogP contribution < -0.4 is 19.9 Å². The molecule has 0 amide bonds. The molecule has 5 rings (SSSR count). The molecule has 2 N–H and O–H groups in total. The van der Waals surface area contributed by atoms with E-state index in [9.17, 15) is 0 Å². The van der Waals surface area contributed by atoms with Gasteiger partial charge in [-0.25, -0.2) is 4.98 Å². The molecule has 4 heterocycles. The zero-order chi connectivity index (χ0) is 22.6. The molecule has 0 fully saturated rings. The van der Waals surface area contributed by atoms with Crippen molar-refractivity contribution in [2.24, 2.45) is 0 Å². The third kappa shape index (κ3) is 3.15. The largest absolute Gasteiger partial charge is 0.493 e. The fourth-order valence-electron chi connectivity index (χ4n) is 4.06. The third-order valence-electron chi connectivity index (χ3n) is 5.72. The first-order valence-corrected chi connectivity index (χ1v) is 10.2. The molecule has 0 spiro atoms. The lowest BCUT2D eigenvalue weighted by atomic mass is 10.00. The highest BCUT2D eigenvalue weighted by Gasteiger charge is 2.31. The molecule has 0 bridgehead atoms. The Morgan fingerprint density at radius 2 is 1.72 bits per heavy atom. The maximum Gasteiger partial charge on any atom is 0.205 e. The molecule has 32 heavy (non-hydrogen) atoms. The summed E-state index contributed by atoms with van der Waals surface area (Å²) in [6, 6.07) is 5.75. The number of methoxy groups -OCH3 is 2. The normalized spacial score (nSPS) is 14.8. The molecule has 0 saturated heterocycles. The van der Waals surface area contributed by atoms with Crippen molar-refractivity contribution in [2.75, 3.05) is 20.0 Å². The lowest BCUT2D eigenvalue weighted by Crippen LogP contribution is -2.36. The van der Waals surface area contributed by atoms with Gasteiger partial charge in [-0.1, -0.05) is 0 Å². The van der Waals surface area contributed by atoms with Crippen LogP contribution in [-0.2, 0) is 11.3 Å². The van der Waals surface area contributed by atoms with E-state index in [4.69, 9.17) is 24.7 Å². The van der Waals surface area contributed by atoms with Gasteiger partial charge in [-0.3, -0.25) is 9.97 Å². The fourth-order valence-corrected chi connectivity index (χ4v) is 4.06. The summed E-state index contributed by atoms with van der Waals surface area (Å²) in [7, 11) is 3.21. The highest BCUT2D eigenvalue weighted by Crippen LogP contribution is 2.41. The second kappa shape index (κ2) is 7.20. The van der Waals surface area contributed by atoms with Gasteiger partial charge in [0.1, 0.15) is 5.82 Å². The third-order valence-corrected chi connectivity index (χ3v) is 5.72. The number of nitrogens with zero attached hydrogens (tertiary/aromatic N) is 3. The first kappa shape index (κ1) is 20.3. The minimum absolute atomic E-state index is 0.383. The number of fused-ring (bicyclic) bond motifs is 4. The number of hydrogen-bond donors (Lipinski definition) is 1. The predicted octanol–water partition coefficient (Wildman–Crippen LogP) is 4.40. The van der Waals surface area contributed by atoms with Crippen molar-refractivity contribution >= 4 is 27.5 Å². The lowest BCUT2D eigenvalue weighted by molar-refractivity contribution is -0.180. The van der Waals surface area contributed by atoms with Crippen molar-refractivity contribution in [2.45, 2.75) is 33.2 Å². The average molecular weight is 432 g/mol. The Labute approximate surface area is 185 Å². The zero-order valence-electron chi connectivity index (χ0n) is 18.6. The van der Waals surface area contributed by atoms with Crippen LogP contribution in [0.2, 0.25) is 0 Å². The van der Waals surface area contributed by atoms with Crippen LogP contribution in [0, 0.1) is 6.92 Å². The number of benzene rings is 1. The molecular weight excluding hydrogens is 408 g/mol. The molecule has 8 nitrogen and oxygen atoms in total. The first-order chi connectivity index (χ1) is 15.3. The Bertz CT molecular complexity index is 1380. The summed E-state index contributed by atoms with van der Waals surface area (Å²) in [5, 5.41) is 2.56. The van der Waals surface area contributed by atoms with E-state index in [1.54, 1.807) is 26.6 Å². The molecule has 164 valence electrons. The second-order valence-electron chi connectivity index (χ2n) is 8.19. The number of hydrogen-bond acceptors (Lipinski definition) is 8. The Kier molecular flexibility index (Phi) is 4.56.